The Bertz CT molecular complexity index is 395. The van der Waals surface area contributed by atoms with Crippen molar-refractivity contribution in [3.05, 3.63) is 23.8 Å². The molecule has 0 amide bonds. The van der Waals surface area contributed by atoms with Gasteiger partial charge >= 0.3 is 0 Å². The summed E-state index contributed by atoms with van der Waals surface area (Å²) in [5, 5.41) is 22.2. The third-order valence-electron chi connectivity index (χ3n) is 3.49. The highest BCUT2D eigenvalue weighted by atomic mass is 16.5. The van der Waals surface area contributed by atoms with Crippen LogP contribution in [0, 0.1) is 0 Å². The van der Waals surface area contributed by atoms with Gasteiger partial charge in [0.2, 0.25) is 0 Å². The molecule has 1 atom stereocenters. The minimum absolute atomic E-state index is 0.0710. The molecule has 0 fully saturated rings. The van der Waals surface area contributed by atoms with E-state index in [2.05, 4.69) is 19.2 Å². The van der Waals surface area contributed by atoms with Gasteiger partial charge in [-0.05, 0) is 44.4 Å². The zero-order valence-corrected chi connectivity index (χ0v) is 12.1. The molecule has 19 heavy (non-hydrogen) atoms. The van der Waals surface area contributed by atoms with Crippen molar-refractivity contribution in [1.29, 1.82) is 0 Å². The van der Waals surface area contributed by atoms with Crippen LogP contribution in [0.5, 0.6) is 11.5 Å². The minimum atomic E-state index is -0.0710. The number of benzene rings is 1. The molecular weight excluding hydrogens is 242 g/mol. The number of ether oxygens (including phenoxy) is 1. The lowest BCUT2D eigenvalue weighted by molar-refractivity contribution is 0.214. The Morgan fingerprint density at radius 3 is 2.63 bits per heavy atom. The number of aliphatic hydroxyl groups excluding tert-OH is 1. The second-order valence-corrected chi connectivity index (χ2v) is 4.98. The first kappa shape index (κ1) is 15.8. The van der Waals surface area contributed by atoms with Crippen LogP contribution in [-0.4, -0.2) is 29.0 Å². The van der Waals surface area contributed by atoms with E-state index in [-0.39, 0.29) is 17.9 Å². The van der Waals surface area contributed by atoms with Gasteiger partial charge in [-0.3, -0.25) is 0 Å². The third kappa shape index (κ3) is 4.73. The lowest BCUT2D eigenvalue weighted by Gasteiger charge is -2.29. The summed E-state index contributed by atoms with van der Waals surface area (Å²) in [6, 6.07) is 5.37. The van der Waals surface area contributed by atoms with Crippen molar-refractivity contribution in [1.82, 2.24) is 5.32 Å². The number of aromatic hydroxyl groups is 1. The summed E-state index contributed by atoms with van der Waals surface area (Å²) >= 11 is 0. The van der Waals surface area contributed by atoms with Crippen molar-refractivity contribution in [2.45, 2.75) is 45.7 Å². The van der Waals surface area contributed by atoms with Gasteiger partial charge in [-0.25, -0.2) is 0 Å². The molecule has 0 heterocycles. The lowest BCUT2D eigenvalue weighted by atomic mass is 9.94. The van der Waals surface area contributed by atoms with Gasteiger partial charge in [0.15, 0.2) is 11.5 Å². The van der Waals surface area contributed by atoms with Crippen molar-refractivity contribution in [2.75, 3.05) is 13.2 Å². The summed E-state index contributed by atoms with van der Waals surface area (Å²) in [4.78, 5) is 0. The van der Waals surface area contributed by atoms with Gasteiger partial charge in [0.1, 0.15) is 0 Å². The Kier molecular flexibility index (Phi) is 6.12. The summed E-state index contributed by atoms with van der Waals surface area (Å²) < 4.78 is 5.37. The molecule has 108 valence electrons. The molecule has 0 spiro atoms. The number of hydrogen-bond acceptors (Lipinski definition) is 4. The quantitative estimate of drug-likeness (QED) is 0.677. The number of aliphatic hydroxyl groups is 1. The van der Waals surface area contributed by atoms with Crippen LogP contribution in [0.4, 0.5) is 0 Å². The smallest absolute Gasteiger partial charge is 0.161 e. The van der Waals surface area contributed by atoms with Crippen LogP contribution < -0.4 is 10.1 Å². The summed E-state index contributed by atoms with van der Waals surface area (Å²) in [7, 11) is 0. The van der Waals surface area contributed by atoms with Crippen LogP contribution in [0.15, 0.2) is 18.2 Å². The van der Waals surface area contributed by atoms with Crippen LogP contribution in [0.2, 0.25) is 0 Å². The Balaban J connectivity index is 2.69. The predicted molar refractivity (Wildman–Crippen MR) is 76.5 cm³/mol. The highest BCUT2D eigenvalue weighted by Crippen LogP contribution is 2.27. The Labute approximate surface area is 115 Å². The zero-order chi connectivity index (χ0) is 14.3. The highest BCUT2D eigenvalue weighted by Gasteiger charge is 2.20. The number of phenols is 1. The van der Waals surface area contributed by atoms with Gasteiger partial charge in [0.25, 0.3) is 0 Å². The lowest BCUT2D eigenvalue weighted by Crippen LogP contribution is -2.42. The molecule has 0 saturated heterocycles. The number of phenolic OH excluding ortho intramolecular Hbond substituents is 1. The topological polar surface area (TPSA) is 61.7 Å². The van der Waals surface area contributed by atoms with Gasteiger partial charge in [-0.15, -0.1) is 0 Å². The van der Waals surface area contributed by atoms with Crippen LogP contribution in [0.25, 0.3) is 0 Å². The molecule has 0 aliphatic carbocycles. The zero-order valence-electron chi connectivity index (χ0n) is 12.1. The first-order chi connectivity index (χ1) is 9.04. The normalized spacial score (nSPS) is 14.1. The van der Waals surface area contributed by atoms with Crippen LogP contribution in [-0.2, 0) is 6.54 Å². The molecule has 1 aromatic carbocycles. The fourth-order valence-electron chi connectivity index (χ4n) is 1.89. The first-order valence-electron chi connectivity index (χ1n) is 6.85. The maximum absolute atomic E-state index is 9.65. The molecule has 3 N–H and O–H groups in total. The largest absolute Gasteiger partial charge is 0.504 e. The fraction of sp³-hybridized carbons (Fsp3) is 0.600. The van der Waals surface area contributed by atoms with E-state index in [1.807, 2.05) is 19.1 Å². The summed E-state index contributed by atoms with van der Waals surface area (Å²) in [5.41, 5.74) is 0.983. The van der Waals surface area contributed by atoms with Gasteiger partial charge in [0, 0.05) is 18.7 Å². The van der Waals surface area contributed by atoms with E-state index in [1.165, 1.54) is 0 Å². The summed E-state index contributed by atoms with van der Waals surface area (Å²) in [5.74, 6) is 0.682. The maximum Gasteiger partial charge on any atom is 0.161 e. The average molecular weight is 267 g/mol. The molecule has 0 aliphatic heterocycles. The van der Waals surface area contributed by atoms with Crippen molar-refractivity contribution in [3.8, 4) is 11.5 Å². The van der Waals surface area contributed by atoms with E-state index in [1.54, 1.807) is 6.07 Å². The van der Waals surface area contributed by atoms with E-state index in [4.69, 9.17) is 9.84 Å². The van der Waals surface area contributed by atoms with Gasteiger partial charge in [-0.2, -0.15) is 0 Å². The number of rotatable bonds is 8. The summed E-state index contributed by atoms with van der Waals surface area (Å²) in [6.07, 6.45) is 1.67. The van der Waals surface area contributed by atoms with E-state index in [0.717, 1.165) is 18.4 Å². The van der Waals surface area contributed by atoms with Gasteiger partial charge < -0.3 is 20.3 Å². The monoisotopic (exact) mass is 267 g/mol. The number of hydrogen-bond donors (Lipinski definition) is 3. The second-order valence-electron chi connectivity index (χ2n) is 4.98. The van der Waals surface area contributed by atoms with Crippen molar-refractivity contribution in [2.24, 2.45) is 0 Å². The average Bonchev–Trinajstić information content (AvgIpc) is 2.40. The molecule has 0 saturated carbocycles. The first-order valence-corrected chi connectivity index (χ1v) is 6.85. The Morgan fingerprint density at radius 2 is 2.05 bits per heavy atom. The third-order valence-corrected chi connectivity index (χ3v) is 3.49. The second kappa shape index (κ2) is 7.36. The summed E-state index contributed by atoms with van der Waals surface area (Å²) in [6.45, 7) is 7.49. The maximum atomic E-state index is 9.65. The molecule has 0 aromatic heterocycles. The molecule has 1 rings (SSSR count). The van der Waals surface area contributed by atoms with Crippen LogP contribution >= 0.6 is 0 Å². The molecule has 0 aliphatic rings. The molecular formula is C15H25NO3. The standard InChI is InChI=1S/C15H25NO3/c1-4-15(3,8-9-17)16-11-12-6-7-13(18)14(10-12)19-5-2/h6-7,10,16-18H,4-5,8-9,11H2,1-3H3. The van der Waals surface area contributed by atoms with E-state index < -0.39 is 0 Å². The Hall–Kier alpha value is -1.26. The van der Waals surface area contributed by atoms with Crippen molar-refractivity contribution < 1.29 is 14.9 Å². The highest BCUT2D eigenvalue weighted by molar-refractivity contribution is 5.41. The molecule has 0 bridgehead atoms. The van der Waals surface area contributed by atoms with E-state index in [0.29, 0.717) is 18.9 Å². The Morgan fingerprint density at radius 1 is 1.32 bits per heavy atom. The van der Waals surface area contributed by atoms with E-state index >= 15 is 0 Å². The van der Waals surface area contributed by atoms with E-state index in [9.17, 15) is 5.11 Å². The molecule has 1 aromatic rings. The van der Waals surface area contributed by atoms with Crippen molar-refractivity contribution >= 4 is 0 Å². The minimum Gasteiger partial charge on any atom is -0.504 e. The molecule has 1 unspecified atom stereocenters. The molecule has 4 heteroatoms. The van der Waals surface area contributed by atoms with Gasteiger partial charge in [-0.1, -0.05) is 13.0 Å². The predicted octanol–water partition coefficient (Wildman–Crippen LogP) is 2.43. The molecule has 0 radical (unpaired) electrons. The number of nitrogens with one attached hydrogen (secondary N) is 1. The molecule has 4 nitrogen and oxygen atoms in total. The fourth-order valence-corrected chi connectivity index (χ4v) is 1.89. The van der Waals surface area contributed by atoms with Crippen LogP contribution in [0.3, 0.4) is 0 Å². The SMILES string of the molecule is CCOc1cc(CNC(C)(CC)CCO)ccc1O. The van der Waals surface area contributed by atoms with Gasteiger partial charge in [0.05, 0.1) is 6.61 Å². The van der Waals surface area contributed by atoms with Crippen LogP contribution in [0.1, 0.15) is 39.2 Å². The van der Waals surface area contributed by atoms with Crippen molar-refractivity contribution in [3.63, 3.8) is 0 Å².